The lowest BCUT2D eigenvalue weighted by Crippen LogP contribution is -2.13. The first-order valence-electron chi connectivity index (χ1n) is 5.85. The molecule has 0 atom stereocenters. The summed E-state index contributed by atoms with van der Waals surface area (Å²) in [7, 11) is 0. The molecule has 0 radical (unpaired) electrons. The van der Waals surface area contributed by atoms with Gasteiger partial charge in [-0.05, 0) is 17.7 Å². The van der Waals surface area contributed by atoms with Crippen molar-refractivity contribution in [3.05, 3.63) is 51.7 Å². The van der Waals surface area contributed by atoms with Crippen LogP contribution in [0.1, 0.15) is 11.1 Å². The summed E-state index contributed by atoms with van der Waals surface area (Å²) in [5.74, 6) is 5.32. The third-order valence-electron chi connectivity index (χ3n) is 2.64. The van der Waals surface area contributed by atoms with E-state index in [1.165, 1.54) is 0 Å². The number of nitro groups is 1. The molecule has 106 valence electrons. The zero-order valence-electron chi connectivity index (χ0n) is 10.8. The maximum atomic E-state index is 10.9. The standard InChI is InChI=1S/C12H11N7O2/c13-5-8-1-3-9(4-2-8)6-15-11-10(19(20)21)7-16-12(17-11)18-14/h1-4,7H,6,14H2,(H2,15,16,17,18). The summed E-state index contributed by atoms with van der Waals surface area (Å²) in [6, 6.07) is 8.85. The van der Waals surface area contributed by atoms with E-state index in [1.54, 1.807) is 24.3 Å². The number of hydrogen-bond donors (Lipinski definition) is 3. The van der Waals surface area contributed by atoms with Crippen LogP contribution >= 0.6 is 0 Å². The fraction of sp³-hybridized carbons (Fsp3) is 0.0833. The minimum atomic E-state index is -0.582. The van der Waals surface area contributed by atoms with Crippen LogP contribution in [0.2, 0.25) is 0 Å². The number of nitriles is 1. The highest BCUT2D eigenvalue weighted by atomic mass is 16.6. The van der Waals surface area contributed by atoms with Gasteiger partial charge in [0.25, 0.3) is 0 Å². The fourth-order valence-corrected chi connectivity index (χ4v) is 1.59. The van der Waals surface area contributed by atoms with Crippen LogP contribution in [-0.2, 0) is 6.54 Å². The van der Waals surface area contributed by atoms with Crippen molar-refractivity contribution in [2.45, 2.75) is 6.54 Å². The van der Waals surface area contributed by atoms with Crippen molar-refractivity contribution in [3.8, 4) is 6.07 Å². The first-order chi connectivity index (χ1) is 10.1. The van der Waals surface area contributed by atoms with Crippen LogP contribution in [0.15, 0.2) is 30.5 Å². The molecule has 0 aliphatic rings. The number of nitrogens with one attached hydrogen (secondary N) is 2. The second-order valence-corrected chi connectivity index (χ2v) is 3.99. The molecule has 1 aromatic heterocycles. The molecule has 2 aromatic rings. The number of nitrogens with zero attached hydrogens (tertiary/aromatic N) is 4. The van der Waals surface area contributed by atoms with Crippen LogP contribution in [0, 0.1) is 21.4 Å². The zero-order valence-corrected chi connectivity index (χ0v) is 10.8. The zero-order chi connectivity index (χ0) is 15.2. The summed E-state index contributed by atoms with van der Waals surface area (Å²) in [6.45, 7) is 0.313. The van der Waals surface area contributed by atoms with E-state index >= 15 is 0 Å². The van der Waals surface area contributed by atoms with E-state index in [2.05, 4.69) is 20.7 Å². The van der Waals surface area contributed by atoms with Crippen molar-refractivity contribution in [3.63, 3.8) is 0 Å². The quantitative estimate of drug-likeness (QED) is 0.421. The molecule has 0 saturated heterocycles. The maximum Gasteiger partial charge on any atom is 0.329 e. The summed E-state index contributed by atoms with van der Waals surface area (Å²) in [6.07, 6.45) is 1.07. The minimum absolute atomic E-state index is 0.0623. The monoisotopic (exact) mass is 285 g/mol. The van der Waals surface area contributed by atoms with Crippen LogP contribution in [-0.4, -0.2) is 14.9 Å². The number of benzene rings is 1. The molecular weight excluding hydrogens is 274 g/mol. The highest BCUT2D eigenvalue weighted by Gasteiger charge is 2.16. The molecule has 4 N–H and O–H groups in total. The molecule has 0 aliphatic carbocycles. The van der Waals surface area contributed by atoms with E-state index in [0.29, 0.717) is 12.1 Å². The number of aromatic nitrogens is 2. The Labute approximate surface area is 119 Å². The molecule has 1 aromatic carbocycles. The van der Waals surface area contributed by atoms with Gasteiger partial charge in [-0.3, -0.25) is 15.5 Å². The third-order valence-corrected chi connectivity index (χ3v) is 2.64. The van der Waals surface area contributed by atoms with Gasteiger partial charge in [-0.1, -0.05) is 12.1 Å². The number of nitrogen functional groups attached to an aromatic ring is 1. The Morgan fingerprint density at radius 1 is 1.38 bits per heavy atom. The van der Waals surface area contributed by atoms with Crippen molar-refractivity contribution in [1.29, 1.82) is 5.26 Å². The van der Waals surface area contributed by atoms with Crippen LogP contribution in [0.25, 0.3) is 0 Å². The van der Waals surface area contributed by atoms with Gasteiger partial charge < -0.3 is 5.32 Å². The Hall–Kier alpha value is -3.25. The second kappa shape index (κ2) is 6.27. The largest absolute Gasteiger partial charge is 0.360 e. The lowest BCUT2D eigenvalue weighted by molar-refractivity contribution is -0.384. The van der Waals surface area contributed by atoms with Gasteiger partial charge in [-0.25, -0.2) is 10.8 Å². The van der Waals surface area contributed by atoms with Gasteiger partial charge >= 0.3 is 5.69 Å². The van der Waals surface area contributed by atoms with Crippen molar-refractivity contribution < 1.29 is 4.92 Å². The van der Waals surface area contributed by atoms with Gasteiger partial charge in [0.15, 0.2) is 0 Å². The predicted octanol–water partition coefficient (Wildman–Crippen LogP) is 1.15. The molecular formula is C12H11N7O2. The summed E-state index contributed by atoms with van der Waals surface area (Å²) in [5.41, 5.74) is 3.37. The van der Waals surface area contributed by atoms with Crippen LogP contribution in [0.5, 0.6) is 0 Å². The molecule has 9 heteroatoms. The van der Waals surface area contributed by atoms with Crippen molar-refractivity contribution in [1.82, 2.24) is 9.97 Å². The average Bonchev–Trinajstić information content (AvgIpc) is 2.52. The Bertz CT molecular complexity index is 694. The van der Waals surface area contributed by atoms with Gasteiger partial charge in [0.05, 0.1) is 16.6 Å². The van der Waals surface area contributed by atoms with Gasteiger partial charge in [0.2, 0.25) is 11.8 Å². The fourth-order valence-electron chi connectivity index (χ4n) is 1.59. The second-order valence-electron chi connectivity index (χ2n) is 3.99. The molecule has 0 spiro atoms. The van der Waals surface area contributed by atoms with Gasteiger partial charge in [0.1, 0.15) is 6.20 Å². The Kier molecular flexibility index (Phi) is 4.23. The topological polar surface area (TPSA) is 143 Å². The smallest absolute Gasteiger partial charge is 0.329 e. The lowest BCUT2D eigenvalue weighted by atomic mass is 10.1. The summed E-state index contributed by atoms with van der Waals surface area (Å²) in [5, 5.41) is 22.5. The van der Waals surface area contributed by atoms with Crippen LogP contribution in [0.4, 0.5) is 17.5 Å². The number of hydrogen-bond acceptors (Lipinski definition) is 8. The SMILES string of the molecule is N#Cc1ccc(CNc2nc(NN)ncc2[N+](=O)[O-])cc1. The average molecular weight is 285 g/mol. The van der Waals surface area contributed by atoms with Crippen molar-refractivity contribution >= 4 is 17.5 Å². The first kappa shape index (κ1) is 14.2. The normalized spacial score (nSPS) is 9.71. The van der Waals surface area contributed by atoms with Gasteiger partial charge in [0, 0.05) is 6.54 Å². The maximum absolute atomic E-state index is 10.9. The molecule has 0 saturated carbocycles. The Balaban J connectivity index is 2.17. The van der Waals surface area contributed by atoms with E-state index < -0.39 is 4.92 Å². The van der Waals surface area contributed by atoms with Gasteiger partial charge in [-0.2, -0.15) is 10.2 Å². The number of nitrogens with two attached hydrogens (primary N) is 1. The van der Waals surface area contributed by atoms with E-state index in [1.807, 2.05) is 6.07 Å². The highest BCUT2D eigenvalue weighted by Crippen LogP contribution is 2.22. The molecule has 0 unspecified atom stereocenters. The summed E-state index contributed by atoms with van der Waals surface area (Å²) < 4.78 is 0. The molecule has 9 nitrogen and oxygen atoms in total. The van der Waals surface area contributed by atoms with E-state index in [4.69, 9.17) is 11.1 Å². The molecule has 0 aliphatic heterocycles. The van der Waals surface area contributed by atoms with Crippen molar-refractivity contribution in [2.24, 2.45) is 5.84 Å². The van der Waals surface area contributed by atoms with Crippen LogP contribution in [0.3, 0.4) is 0 Å². The van der Waals surface area contributed by atoms with E-state index in [9.17, 15) is 10.1 Å². The Morgan fingerprint density at radius 3 is 2.67 bits per heavy atom. The van der Waals surface area contributed by atoms with Crippen molar-refractivity contribution in [2.75, 3.05) is 10.7 Å². The van der Waals surface area contributed by atoms with E-state index in [0.717, 1.165) is 11.8 Å². The molecule has 0 amide bonds. The summed E-state index contributed by atoms with van der Waals surface area (Å²) >= 11 is 0. The molecule has 1 heterocycles. The Morgan fingerprint density at radius 2 is 2.10 bits per heavy atom. The third kappa shape index (κ3) is 3.40. The minimum Gasteiger partial charge on any atom is -0.360 e. The predicted molar refractivity (Wildman–Crippen MR) is 75.0 cm³/mol. The highest BCUT2D eigenvalue weighted by molar-refractivity contribution is 5.57. The number of hydrazine groups is 1. The molecule has 21 heavy (non-hydrogen) atoms. The summed E-state index contributed by atoms with van der Waals surface area (Å²) in [4.78, 5) is 17.9. The molecule has 0 bridgehead atoms. The molecule has 2 rings (SSSR count). The van der Waals surface area contributed by atoms with E-state index in [-0.39, 0.29) is 17.5 Å². The first-order valence-corrected chi connectivity index (χ1v) is 5.85. The molecule has 0 fully saturated rings. The number of rotatable bonds is 5. The lowest BCUT2D eigenvalue weighted by Gasteiger charge is -2.07. The van der Waals surface area contributed by atoms with Crippen LogP contribution < -0.4 is 16.6 Å². The van der Waals surface area contributed by atoms with Gasteiger partial charge in [-0.15, -0.1) is 0 Å². The number of anilines is 2.